The molecule has 1 aliphatic carbocycles. The van der Waals surface area contributed by atoms with Crippen molar-refractivity contribution in [1.29, 1.82) is 0 Å². The quantitative estimate of drug-likeness (QED) is 0.254. The number of phenols is 1. The zero-order chi connectivity index (χ0) is 21.4. The first kappa shape index (κ1) is 19.0. The average Bonchev–Trinajstić information content (AvgIpc) is 3.20. The lowest BCUT2D eigenvalue weighted by atomic mass is 10.0. The van der Waals surface area contributed by atoms with Gasteiger partial charge in [0, 0.05) is 23.2 Å². The average molecular weight is 408 g/mol. The van der Waals surface area contributed by atoms with Crippen LogP contribution in [0.3, 0.4) is 0 Å². The van der Waals surface area contributed by atoms with E-state index in [9.17, 15) is 15.2 Å². The second-order valence-electron chi connectivity index (χ2n) is 7.81. The number of hydrogen-bond acceptors (Lipinski definition) is 4. The van der Waals surface area contributed by atoms with Gasteiger partial charge in [-0.15, -0.1) is 0 Å². The van der Waals surface area contributed by atoms with Crippen molar-refractivity contribution in [1.82, 2.24) is 0 Å². The van der Waals surface area contributed by atoms with E-state index in [-0.39, 0.29) is 11.4 Å². The summed E-state index contributed by atoms with van der Waals surface area (Å²) in [7, 11) is 0. The van der Waals surface area contributed by atoms with Gasteiger partial charge in [-0.25, -0.2) is 0 Å². The number of nitro benzene ring substituents is 1. The van der Waals surface area contributed by atoms with Gasteiger partial charge in [0.15, 0.2) is 0 Å². The summed E-state index contributed by atoms with van der Waals surface area (Å²) in [6, 6.07) is 23.2. The predicted molar refractivity (Wildman–Crippen MR) is 123 cm³/mol. The van der Waals surface area contributed by atoms with E-state index in [1.54, 1.807) is 6.07 Å². The molecule has 152 valence electrons. The van der Waals surface area contributed by atoms with Crippen LogP contribution in [-0.2, 0) is 19.3 Å². The second-order valence-corrected chi connectivity index (χ2v) is 7.81. The topological polar surface area (TPSA) is 75.7 Å². The molecule has 5 heteroatoms. The van der Waals surface area contributed by atoms with E-state index >= 15 is 0 Å². The van der Waals surface area contributed by atoms with E-state index in [4.69, 9.17) is 0 Å². The molecule has 1 aliphatic rings. The molecular weight excluding hydrogens is 388 g/mol. The molecule has 0 radical (unpaired) electrons. The summed E-state index contributed by atoms with van der Waals surface area (Å²) in [5.41, 5.74) is 5.26. The highest BCUT2D eigenvalue weighted by Crippen LogP contribution is 2.37. The molecule has 0 spiro atoms. The number of hydrogen-bond donors (Lipinski definition) is 1. The molecule has 5 rings (SSSR count). The molecular formula is C26H20N2O3. The molecule has 0 atom stereocenters. The zero-order valence-electron chi connectivity index (χ0n) is 16.8. The van der Waals surface area contributed by atoms with Crippen LogP contribution in [0.4, 0.5) is 11.4 Å². The van der Waals surface area contributed by atoms with E-state index in [1.165, 1.54) is 28.8 Å². The molecule has 5 nitrogen and oxygen atoms in total. The molecule has 4 aromatic carbocycles. The molecule has 0 fully saturated rings. The smallest absolute Gasteiger partial charge is 0.311 e. The van der Waals surface area contributed by atoms with Crippen molar-refractivity contribution >= 4 is 28.4 Å². The van der Waals surface area contributed by atoms with E-state index in [0.717, 1.165) is 35.0 Å². The van der Waals surface area contributed by atoms with Gasteiger partial charge in [0.25, 0.3) is 0 Å². The third-order valence-electron chi connectivity index (χ3n) is 5.82. The van der Waals surface area contributed by atoms with E-state index < -0.39 is 4.92 Å². The molecule has 0 amide bonds. The lowest BCUT2D eigenvalue weighted by molar-refractivity contribution is -0.385. The highest BCUT2D eigenvalue weighted by molar-refractivity contribution is 6.00. The lowest BCUT2D eigenvalue weighted by Gasteiger charge is -2.08. The predicted octanol–water partition coefficient (Wildman–Crippen LogP) is 5.89. The fourth-order valence-electron chi connectivity index (χ4n) is 4.36. The van der Waals surface area contributed by atoms with Crippen LogP contribution in [0.2, 0.25) is 0 Å². The van der Waals surface area contributed by atoms with Gasteiger partial charge in [-0.05, 0) is 59.0 Å². The third-order valence-corrected chi connectivity index (χ3v) is 5.82. The van der Waals surface area contributed by atoms with Crippen LogP contribution in [0.5, 0.6) is 5.75 Å². The van der Waals surface area contributed by atoms with Gasteiger partial charge < -0.3 is 5.11 Å². The summed E-state index contributed by atoms with van der Waals surface area (Å²) in [5, 5.41) is 24.3. The molecule has 1 N–H and O–H groups in total. The molecule has 0 heterocycles. The molecule has 0 saturated heterocycles. The Kier molecular flexibility index (Phi) is 4.71. The van der Waals surface area contributed by atoms with Crippen LogP contribution in [0.1, 0.15) is 27.8 Å². The SMILES string of the molecule is O=[N+]([O-])c1cc(Cc2ccccc2)cc(C=Nc2ccc3c4c(cccc24)CC3)c1O. The van der Waals surface area contributed by atoms with Crippen LogP contribution in [0, 0.1) is 10.1 Å². The van der Waals surface area contributed by atoms with Crippen molar-refractivity contribution in [2.75, 3.05) is 0 Å². The Bertz CT molecular complexity index is 1330. The Labute approximate surface area is 179 Å². The number of nitro groups is 1. The third kappa shape index (κ3) is 3.55. The van der Waals surface area contributed by atoms with E-state index in [2.05, 4.69) is 23.2 Å². The number of rotatable bonds is 5. The Hall–Kier alpha value is -3.99. The van der Waals surface area contributed by atoms with Crippen LogP contribution in [0.15, 0.2) is 77.8 Å². The molecule has 0 unspecified atom stereocenters. The standard InChI is InChI=1S/C26H20N2O3/c29-26-21(14-18(15-24(26)28(30)31)13-17-5-2-1-3-6-17)16-27-23-12-11-20-10-9-19-7-4-8-22(23)25(19)20/h1-8,11-12,14-16,29H,9-10,13H2. The van der Waals surface area contributed by atoms with Crippen molar-refractivity contribution in [3.63, 3.8) is 0 Å². The summed E-state index contributed by atoms with van der Waals surface area (Å²) >= 11 is 0. The first-order chi connectivity index (χ1) is 15.1. The summed E-state index contributed by atoms with van der Waals surface area (Å²) in [5.74, 6) is -0.364. The first-order valence-corrected chi connectivity index (χ1v) is 10.2. The molecule has 0 aromatic heterocycles. The van der Waals surface area contributed by atoms with Crippen molar-refractivity contribution in [2.24, 2.45) is 4.99 Å². The minimum absolute atomic E-state index is 0.310. The van der Waals surface area contributed by atoms with Gasteiger partial charge in [0.2, 0.25) is 5.75 Å². The van der Waals surface area contributed by atoms with Gasteiger partial charge in [-0.3, -0.25) is 15.1 Å². The number of nitrogens with zero attached hydrogens (tertiary/aromatic N) is 2. The maximum absolute atomic E-state index is 11.5. The number of phenolic OH excluding ortho intramolecular Hbond substituents is 1. The molecule has 4 aromatic rings. The van der Waals surface area contributed by atoms with Gasteiger partial charge in [0.05, 0.1) is 10.6 Å². The number of aryl methyl sites for hydroxylation is 2. The lowest BCUT2D eigenvalue weighted by Crippen LogP contribution is -1.97. The van der Waals surface area contributed by atoms with Gasteiger partial charge >= 0.3 is 5.69 Å². The van der Waals surface area contributed by atoms with Gasteiger partial charge in [-0.1, -0.05) is 54.6 Å². The fourth-order valence-corrected chi connectivity index (χ4v) is 4.36. The largest absolute Gasteiger partial charge is 0.502 e. The van der Waals surface area contributed by atoms with E-state index in [1.807, 2.05) is 42.5 Å². The van der Waals surface area contributed by atoms with Crippen molar-refractivity contribution in [3.8, 4) is 5.75 Å². The minimum Gasteiger partial charge on any atom is -0.502 e. The van der Waals surface area contributed by atoms with E-state index in [0.29, 0.717) is 12.0 Å². The van der Waals surface area contributed by atoms with Gasteiger partial charge in [-0.2, -0.15) is 0 Å². The summed E-state index contributed by atoms with van der Waals surface area (Å²) < 4.78 is 0. The summed E-state index contributed by atoms with van der Waals surface area (Å²) in [6.07, 6.45) is 4.13. The Morgan fingerprint density at radius 3 is 2.48 bits per heavy atom. The van der Waals surface area contributed by atoms with Crippen molar-refractivity contribution in [3.05, 3.63) is 111 Å². The maximum atomic E-state index is 11.5. The molecule has 0 saturated carbocycles. The second kappa shape index (κ2) is 7.69. The van der Waals surface area contributed by atoms with Gasteiger partial charge in [0.1, 0.15) is 0 Å². The molecule has 0 aliphatic heterocycles. The highest BCUT2D eigenvalue weighted by atomic mass is 16.6. The Morgan fingerprint density at radius 1 is 0.935 bits per heavy atom. The fraction of sp³-hybridized carbons (Fsp3) is 0.115. The number of benzene rings is 4. The van der Waals surface area contributed by atoms with Crippen LogP contribution < -0.4 is 0 Å². The van der Waals surface area contributed by atoms with Crippen LogP contribution >= 0.6 is 0 Å². The number of aromatic hydroxyl groups is 1. The molecule has 0 bridgehead atoms. The molecule has 31 heavy (non-hydrogen) atoms. The zero-order valence-corrected chi connectivity index (χ0v) is 16.8. The summed E-state index contributed by atoms with van der Waals surface area (Å²) in [4.78, 5) is 15.6. The number of aliphatic imine (C=N–C) groups is 1. The Balaban J connectivity index is 1.57. The normalized spacial score (nSPS) is 12.6. The van der Waals surface area contributed by atoms with Crippen molar-refractivity contribution < 1.29 is 10.0 Å². The minimum atomic E-state index is -0.555. The highest BCUT2D eigenvalue weighted by Gasteiger charge is 2.19. The maximum Gasteiger partial charge on any atom is 0.311 e. The van der Waals surface area contributed by atoms with Crippen LogP contribution in [0.25, 0.3) is 10.8 Å². The first-order valence-electron chi connectivity index (χ1n) is 10.2. The monoisotopic (exact) mass is 408 g/mol. The Morgan fingerprint density at radius 2 is 1.71 bits per heavy atom. The summed E-state index contributed by atoms with van der Waals surface area (Å²) in [6.45, 7) is 0. The van der Waals surface area contributed by atoms with Crippen LogP contribution in [-0.4, -0.2) is 16.2 Å². The van der Waals surface area contributed by atoms with Crippen molar-refractivity contribution in [2.45, 2.75) is 19.3 Å².